The number of benzene rings is 1. The smallest absolute Gasteiger partial charge is 0.249 e. The van der Waals surface area contributed by atoms with Crippen LogP contribution in [0.3, 0.4) is 0 Å². The molecule has 0 radical (unpaired) electrons. The van der Waals surface area contributed by atoms with Gasteiger partial charge in [0.15, 0.2) is 5.82 Å². The number of aromatic amines is 1. The van der Waals surface area contributed by atoms with E-state index in [9.17, 15) is 4.79 Å². The van der Waals surface area contributed by atoms with Crippen LogP contribution in [0.25, 0.3) is 11.4 Å². The van der Waals surface area contributed by atoms with E-state index in [-0.39, 0.29) is 17.8 Å². The van der Waals surface area contributed by atoms with Gasteiger partial charge >= 0.3 is 0 Å². The van der Waals surface area contributed by atoms with Gasteiger partial charge in [-0.05, 0) is 25.0 Å². The monoisotopic (exact) mass is 318 g/mol. The summed E-state index contributed by atoms with van der Waals surface area (Å²) >= 11 is 0. The average Bonchev–Trinajstić information content (AvgIpc) is 3.03. The zero-order valence-corrected chi connectivity index (χ0v) is 13.8. The van der Waals surface area contributed by atoms with Crippen molar-refractivity contribution in [3.63, 3.8) is 0 Å². The fourth-order valence-electron chi connectivity index (χ4n) is 2.30. The van der Waals surface area contributed by atoms with Gasteiger partial charge in [-0.15, -0.1) is 5.10 Å². The number of hydrogen-bond donors (Lipinski definition) is 2. The van der Waals surface area contributed by atoms with Crippen molar-refractivity contribution < 1.29 is 14.3 Å². The lowest BCUT2D eigenvalue weighted by Gasteiger charge is -2.10. The summed E-state index contributed by atoms with van der Waals surface area (Å²) in [5, 5.41) is 9.60. The number of aromatic nitrogens is 3. The topological polar surface area (TPSA) is 89.1 Å². The maximum Gasteiger partial charge on any atom is 0.249 e. The number of nitrogens with zero attached hydrogens (tertiary/aromatic N) is 2. The number of carbonyl (C=O) groups excluding carboxylic acids is 1. The van der Waals surface area contributed by atoms with Crippen LogP contribution in [0.15, 0.2) is 18.2 Å². The Morgan fingerprint density at radius 2 is 2.00 bits per heavy atom. The third kappa shape index (κ3) is 3.80. The number of amides is 1. The highest BCUT2D eigenvalue weighted by Gasteiger charge is 2.17. The van der Waals surface area contributed by atoms with Gasteiger partial charge in [0, 0.05) is 12.0 Å². The lowest BCUT2D eigenvalue weighted by Crippen LogP contribution is -2.22. The van der Waals surface area contributed by atoms with Gasteiger partial charge in [0.25, 0.3) is 0 Å². The zero-order valence-electron chi connectivity index (χ0n) is 13.8. The molecule has 7 heteroatoms. The fraction of sp³-hybridized carbons (Fsp3) is 0.438. The van der Waals surface area contributed by atoms with Crippen LogP contribution in [0.4, 0.5) is 5.95 Å². The Labute approximate surface area is 135 Å². The van der Waals surface area contributed by atoms with Crippen LogP contribution in [0.1, 0.15) is 26.7 Å². The van der Waals surface area contributed by atoms with Crippen LogP contribution in [0, 0.1) is 5.92 Å². The molecule has 0 fully saturated rings. The molecule has 124 valence electrons. The molecule has 1 amide bonds. The summed E-state index contributed by atoms with van der Waals surface area (Å²) in [7, 11) is 3.17. The number of ether oxygens (including phenoxy) is 2. The van der Waals surface area contributed by atoms with Gasteiger partial charge in [-0.1, -0.05) is 13.8 Å². The van der Waals surface area contributed by atoms with E-state index in [0.717, 1.165) is 18.4 Å². The minimum absolute atomic E-state index is 0.0347. The fourth-order valence-corrected chi connectivity index (χ4v) is 2.30. The Morgan fingerprint density at radius 1 is 1.26 bits per heavy atom. The van der Waals surface area contributed by atoms with Gasteiger partial charge in [0.1, 0.15) is 11.5 Å². The van der Waals surface area contributed by atoms with Crippen LogP contribution in [0.5, 0.6) is 11.5 Å². The molecule has 0 bridgehead atoms. The first-order valence-corrected chi connectivity index (χ1v) is 7.58. The molecule has 0 atom stereocenters. The molecule has 2 N–H and O–H groups in total. The molecule has 2 aromatic rings. The molecular weight excluding hydrogens is 296 g/mol. The van der Waals surface area contributed by atoms with Crippen LogP contribution >= 0.6 is 0 Å². The molecule has 2 rings (SSSR count). The first kappa shape index (κ1) is 16.8. The van der Waals surface area contributed by atoms with Crippen molar-refractivity contribution in [3.05, 3.63) is 18.2 Å². The third-order valence-electron chi connectivity index (χ3n) is 3.74. The normalized spacial score (nSPS) is 10.7. The van der Waals surface area contributed by atoms with E-state index >= 15 is 0 Å². The predicted molar refractivity (Wildman–Crippen MR) is 87.6 cm³/mol. The molecule has 0 unspecified atom stereocenters. The summed E-state index contributed by atoms with van der Waals surface area (Å²) in [6.45, 7) is 3.97. The highest BCUT2D eigenvalue weighted by molar-refractivity contribution is 5.91. The summed E-state index contributed by atoms with van der Waals surface area (Å²) in [5.41, 5.74) is 0.740. The first-order chi connectivity index (χ1) is 11.1. The largest absolute Gasteiger partial charge is 0.497 e. The zero-order chi connectivity index (χ0) is 16.8. The van der Waals surface area contributed by atoms with Gasteiger partial charge in [-0.2, -0.15) is 4.98 Å². The number of carbonyl (C=O) groups is 1. The Hall–Kier alpha value is -2.57. The molecule has 0 aliphatic rings. The molecule has 1 aromatic carbocycles. The van der Waals surface area contributed by atoms with Gasteiger partial charge < -0.3 is 9.47 Å². The third-order valence-corrected chi connectivity index (χ3v) is 3.74. The van der Waals surface area contributed by atoms with E-state index in [2.05, 4.69) is 20.5 Å². The second-order valence-corrected chi connectivity index (χ2v) is 5.08. The lowest BCUT2D eigenvalue weighted by molar-refractivity contribution is -0.120. The minimum atomic E-state index is -0.0674. The number of methoxy groups -OCH3 is 2. The van der Waals surface area contributed by atoms with Crippen molar-refractivity contribution in [2.45, 2.75) is 26.7 Å². The summed E-state index contributed by atoms with van der Waals surface area (Å²) in [5.74, 6) is 1.97. The molecular formula is C16H22N4O3. The molecule has 0 saturated carbocycles. The second-order valence-electron chi connectivity index (χ2n) is 5.08. The number of hydrogen-bond acceptors (Lipinski definition) is 5. The standard InChI is InChI=1S/C16H22N4O3/c1-5-10(6-2)15(21)18-16-17-14(19-20-16)12-8-7-11(22-3)9-13(12)23-4/h7-10H,5-6H2,1-4H3,(H2,17,18,19,20,21). The number of nitrogens with one attached hydrogen (secondary N) is 2. The summed E-state index contributed by atoms with van der Waals surface area (Å²) in [4.78, 5) is 16.4. The van der Waals surface area contributed by atoms with Gasteiger partial charge in [-0.25, -0.2) is 0 Å². The first-order valence-electron chi connectivity index (χ1n) is 7.58. The second kappa shape index (κ2) is 7.62. The highest BCUT2D eigenvalue weighted by atomic mass is 16.5. The SMILES string of the molecule is CCC(CC)C(=O)Nc1n[nH]c(-c2ccc(OC)cc2OC)n1. The molecule has 1 aromatic heterocycles. The quantitative estimate of drug-likeness (QED) is 0.819. The lowest BCUT2D eigenvalue weighted by atomic mass is 10.0. The van der Waals surface area contributed by atoms with Gasteiger partial charge in [0.05, 0.1) is 19.8 Å². The minimum Gasteiger partial charge on any atom is -0.497 e. The van der Waals surface area contributed by atoms with Crippen molar-refractivity contribution >= 4 is 11.9 Å². The van der Waals surface area contributed by atoms with Gasteiger partial charge in [0.2, 0.25) is 11.9 Å². The van der Waals surface area contributed by atoms with Crippen LogP contribution in [0.2, 0.25) is 0 Å². The summed E-state index contributed by atoms with van der Waals surface area (Å²) in [6.07, 6.45) is 1.57. The average molecular weight is 318 g/mol. The van der Waals surface area contributed by atoms with Crippen molar-refractivity contribution in [1.82, 2.24) is 15.2 Å². The van der Waals surface area contributed by atoms with Crippen LogP contribution in [-0.4, -0.2) is 35.3 Å². The van der Waals surface area contributed by atoms with Crippen molar-refractivity contribution in [2.24, 2.45) is 5.92 Å². The van der Waals surface area contributed by atoms with Crippen molar-refractivity contribution in [2.75, 3.05) is 19.5 Å². The maximum absolute atomic E-state index is 12.1. The molecule has 0 saturated heterocycles. The van der Waals surface area contributed by atoms with Crippen molar-refractivity contribution in [3.8, 4) is 22.9 Å². The molecule has 23 heavy (non-hydrogen) atoms. The van der Waals surface area contributed by atoms with Gasteiger partial charge in [-0.3, -0.25) is 15.2 Å². The molecule has 1 heterocycles. The number of anilines is 1. The number of H-pyrrole nitrogens is 1. The Bertz CT molecular complexity index is 665. The molecule has 0 aliphatic heterocycles. The van der Waals surface area contributed by atoms with Crippen molar-refractivity contribution in [1.29, 1.82) is 0 Å². The number of rotatable bonds is 7. The van der Waals surface area contributed by atoms with Crippen LogP contribution < -0.4 is 14.8 Å². The highest BCUT2D eigenvalue weighted by Crippen LogP contribution is 2.31. The molecule has 7 nitrogen and oxygen atoms in total. The van der Waals surface area contributed by atoms with E-state index < -0.39 is 0 Å². The Balaban J connectivity index is 2.21. The Morgan fingerprint density at radius 3 is 2.61 bits per heavy atom. The predicted octanol–water partition coefficient (Wildman–Crippen LogP) is 2.86. The summed E-state index contributed by atoms with van der Waals surface area (Å²) in [6, 6.07) is 5.40. The van der Waals surface area contributed by atoms with E-state index in [0.29, 0.717) is 17.3 Å². The van der Waals surface area contributed by atoms with Crippen LogP contribution in [-0.2, 0) is 4.79 Å². The van der Waals surface area contributed by atoms with E-state index in [1.54, 1.807) is 20.3 Å². The maximum atomic E-state index is 12.1. The van der Waals surface area contributed by atoms with E-state index in [1.807, 2.05) is 26.0 Å². The van der Waals surface area contributed by atoms with E-state index in [4.69, 9.17) is 9.47 Å². The van der Waals surface area contributed by atoms with E-state index in [1.165, 1.54) is 0 Å². The molecule has 0 aliphatic carbocycles. The summed E-state index contributed by atoms with van der Waals surface area (Å²) < 4.78 is 10.5. The molecule has 0 spiro atoms. The Kier molecular flexibility index (Phi) is 5.56.